The fourth-order valence-corrected chi connectivity index (χ4v) is 3.52. The molecule has 9 heteroatoms. The number of nitrogens with zero attached hydrogens (tertiary/aromatic N) is 1. The van der Waals surface area contributed by atoms with Gasteiger partial charge in [-0.1, -0.05) is 53.5 Å². The van der Waals surface area contributed by atoms with Crippen molar-refractivity contribution in [2.75, 3.05) is 5.32 Å². The van der Waals surface area contributed by atoms with Crippen LogP contribution in [0, 0.1) is 10.1 Å². The number of carbonyl (C=O) groups excluding carboxylic acids is 2. The van der Waals surface area contributed by atoms with Crippen molar-refractivity contribution in [3.63, 3.8) is 0 Å². The highest BCUT2D eigenvalue weighted by atomic mass is 35.5. The first-order chi connectivity index (χ1) is 14.8. The van der Waals surface area contributed by atoms with Gasteiger partial charge in [0, 0.05) is 17.2 Å². The summed E-state index contributed by atoms with van der Waals surface area (Å²) in [4.78, 5) is 35.8. The first kappa shape index (κ1) is 22.3. The molecule has 0 aromatic heterocycles. The van der Waals surface area contributed by atoms with E-state index >= 15 is 0 Å². The first-order valence-corrected chi connectivity index (χ1v) is 9.93. The van der Waals surface area contributed by atoms with Gasteiger partial charge in [-0.3, -0.25) is 19.7 Å². The molecule has 0 aliphatic rings. The van der Waals surface area contributed by atoms with E-state index in [2.05, 4.69) is 10.6 Å². The Bertz CT molecular complexity index is 1170. The number of benzene rings is 3. The number of halogens is 2. The van der Waals surface area contributed by atoms with Gasteiger partial charge in [0.15, 0.2) is 0 Å². The van der Waals surface area contributed by atoms with Gasteiger partial charge >= 0.3 is 0 Å². The van der Waals surface area contributed by atoms with Crippen molar-refractivity contribution in [3.05, 3.63) is 104 Å². The lowest BCUT2D eigenvalue weighted by atomic mass is 10.1. The number of nitro groups is 1. The summed E-state index contributed by atoms with van der Waals surface area (Å²) >= 11 is 12.2. The van der Waals surface area contributed by atoms with Gasteiger partial charge in [0.25, 0.3) is 17.5 Å². The van der Waals surface area contributed by atoms with Crippen molar-refractivity contribution in [2.45, 2.75) is 13.0 Å². The van der Waals surface area contributed by atoms with E-state index in [9.17, 15) is 19.7 Å². The summed E-state index contributed by atoms with van der Waals surface area (Å²) in [6, 6.07) is 16.8. The van der Waals surface area contributed by atoms with Crippen LogP contribution in [0.5, 0.6) is 0 Å². The number of nitrogens with one attached hydrogen (secondary N) is 2. The molecule has 1 atom stereocenters. The lowest BCUT2D eigenvalue weighted by Crippen LogP contribution is -2.28. The molecule has 2 N–H and O–H groups in total. The first-order valence-electron chi connectivity index (χ1n) is 9.17. The van der Waals surface area contributed by atoms with E-state index < -0.39 is 16.7 Å². The molecule has 0 fully saturated rings. The molecule has 0 aliphatic heterocycles. The highest BCUT2D eigenvalue weighted by molar-refractivity contribution is 6.34. The fourth-order valence-electron chi connectivity index (χ4n) is 2.96. The molecule has 158 valence electrons. The number of amides is 2. The average molecular weight is 458 g/mol. The fraction of sp³-hybridized carbons (Fsp3) is 0.0909. The zero-order valence-corrected chi connectivity index (χ0v) is 17.8. The van der Waals surface area contributed by atoms with Crippen LogP contribution < -0.4 is 10.6 Å². The zero-order chi connectivity index (χ0) is 22.5. The normalized spacial score (nSPS) is 11.5. The van der Waals surface area contributed by atoms with Gasteiger partial charge in [-0.25, -0.2) is 0 Å². The zero-order valence-electron chi connectivity index (χ0n) is 16.3. The number of anilines is 1. The van der Waals surface area contributed by atoms with Crippen molar-refractivity contribution in [1.29, 1.82) is 0 Å². The summed E-state index contributed by atoms with van der Waals surface area (Å²) in [6.07, 6.45) is 0. The maximum atomic E-state index is 12.9. The predicted octanol–water partition coefficient (Wildman–Crippen LogP) is 5.64. The number of para-hydroxylation sites is 1. The van der Waals surface area contributed by atoms with Crippen LogP contribution in [-0.2, 0) is 0 Å². The summed E-state index contributed by atoms with van der Waals surface area (Å²) in [5.74, 6) is -1.00. The minimum atomic E-state index is -0.604. The van der Waals surface area contributed by atoms with E-state index in [4.69, 9.17) is 23.2 Å². The Balaban J connectivity index is 1.80. The number of rotatable bonds is 6. The molecule has 0 bridgehead atoms. The van der Waals surface area contributed by atoms with Crippen LogP contribution in [-0.4, -0.2) is 16.7 Å². The van der Waals surface area contributed by atoms with E-state index in [1.54, 1.807) is 43.3 Å². The second kappa shape index (κ2) is 9.59. The van der Waals surface area contributed by atoms with E-state index in [-0.39, 0.29) is 33.6 Å². The van der Waals surface area contributed by atoms with E-state index in [0.29, 0.717) is 5.02 Å². The van der Waals surface area contributed by atoms with Crippen LogP contribution in [0.1, 0.15) is 39.2 Å². The third kappa shape index (κ3) is 5.20. The molecule has 1 unspecified atom stereocenters. The molecule has 0 saturated carbocycles. The maximum Gasteiger partial charge on any atom is 0.270 e. The number of carbonyl (C=O) groups is 2. The Morgan fingerprint density at radius 1 is 0.903 bits per heavy atom. The van der Waals surface area contributed by atoms with Crippen LogP contribution >= 0.6 is 23.2 Å². The van der Waals surface area contributed by atoms with Crippen LogP contribution in [0.3, 0.4) is 0 Å². The van der Waals surface area contributed by atoms with Gasteiger partial charge in [-0.05, 0) is 36.8 Å². The van der Waals surface area contributed by atoms with Crippen LogP contribution in [0.15, 0.2) is 66.7 Å². The molecule has 3 aromatic carbocycles. The third-order valence-electron chi connectivity index (χ3n) is 4.55. The summed E-state index contributed by atoms with van der Waals surface area (Å²) in [5.41, 5.74) is 1.09. The number of non-ortho nitro benzene ring substituents is 1. The van der Waals surface area contributed by atoms with Gasteiger partial charge in [-0.15, -0.1) is 0 Å². The monoisotopic (exact) mass is 457 g/mol. The van der Waals surface area contributed by atoms with Gasteiger partial charge < -0.3 is 10.6 Å². The molecule has 0 aliphatic carbocycles. The van der Waals surface area contributed by atoms with E-state index in [0.717, 1.165) is 11.6 Å². The Labute approximate surface area is 188 Å². The summed E-state index contributed by atoms with van der Waals surface area (Å²) in [5, 5.41) is 16.8. The summed E-state index contributed by atoms with van der Waals surface area (Å²) in [6.45, 7) is 1.80. The van der Waals surface area contributed by atoms with Crippen LogP contribution in [0.4, 0.5) is 11.4 Å². The Morgan fingerprint density at radius 2 is 1.58 bits per heavy atom. The number of hydrogen-bond donors (Lipinski definition) is 2. The van der Waals surface area contributed by atoms with Crippen molar-refractivity contribution < 1.29 is 14.5 Å². The topological polar surface area (TPSA) is 101 Å². The molecular weight excluding hydrogens is 441 g/mol. The standard InChI is InChI=1S/C22H17Cl2N3O4/c1-13(15-6-2-4-8-18(15)23)25-22(29)17-7-3-5-9-20(17)26-21(28)16-11-10-14(27(30)31)12-19(16)24/h2-13H,1H3,(H,25,29)(H,26,28). The highest BCUT2D eigenvalue weighted by Crippen LogP contribution is 2.26. The highest BCUT2D eigenvalue weighted by Gasteiger charge is 2.19. The second-order valence-electron chi connectivity index (χ2n) is 6.64. The van der Waals surface area contributed by atoms with Crippen LogP contribution in [0.2, 0.25) is 10.0 Å². The van der Waals surface area contributed by atoms with Crippen LogP contribution in [0.25, 0.3) is 0 Å². The lowest BCUT2D eigenvalue weighted by molar-refractivity contribution is -0.384. The largest absolute Gasteiger partial charge is 0.345 e. The minimum absolute atomic E-state index is 0.0481. The molecule has 0 saturated heterocycles. The van der Waals surface area contributed by atoms with E-state index in [1.807, 2.05) is 12.1 Å². The van der Waals surface area contributed by atoms with Gasteiger partial charge in [-0.2, -0.15) is 0 Å². The van der Waals surface area contributed by atoms with Crippen molar-refractivity contribution >= 4 is 46.4 Å². The van der Waals surface area contributed by atoms with Gasteiger partial charge in [0.1, 0.15) is 0 Å². The molecule has 2 amide bonds. The SMILES string of the molecule is CC(NC(=O)c1ccccc1NC(=O)c1ccc([N+](=O)[O-])cc1Cl)c1ccccc1Cl. The molecule has 0 radical (unpaired) electrons. The molecule has 0 spiro atoms. The second-order valence-corrected chi connectivity index (χ2v) is 7.45. The summed E-state index contributed by atoms with van der Waals surface area (Å²) in [7, 11) is 0. The Morgan fingerprint density at radius 3 is 2.26 bits per heavy atom. The lowest BCUT2D eigenvalue weighted by Gasteiger charge is -2.17. The molecule has 3 aromatic rings. The quantitative estimate of drug-likeness (QED) is 0.369. The Kier molecular flexibility index (Phi) is 6.89. The van der Waals surface area contributed by atoms with Gasteiger partial charge in [0.2, 0.25) is 0 Å². The maximum absolute atomic E-state index is 12.9. The number of hydrogen-bond acceptors (Lipinski definition) is 4. The molecule has 3 rings (SSSR count). The average Bonchev–Trinajstić information content (AvgIpc) is 2.74. The van der Waals surface area contributed by atoms with Crippen molar-refractivity contribution in [3.8, 4) is 0 Å². The van der Waals surface area contributed by atoms with Gasteiger partial charge in [0.05, 0.1) is 32.8 Å². The molecule has 31 heavy (non-hydrogen) atoms. The number of nitro benzene ring substituents is 1. The van der Waals surface area contributed by atoms with E-state index in [1.165, 1.54) is 12.1 Å². The summed E-state index contributed by atoms with van der Waals surface area (Å²) < 4.78 is 0. The predicted molar refractivity (Wildman–Crippen MR) is 120 cm³/mol. The molecular formula is C22H17Cl2N3O4. The van der Waals surface area contributed by atoms with Crippen molar-refractivity contribution in [2.24, 2.45) is 0 Å². The molecule has 7 nitrogen and oxygen atoms in total. The smallest absolute Gasteiger partial charge is 0.270 e. The van der Waals surface area contributed by atoms with Crippen molar-refractivity contribution in [1.82, 2.24) is 5.32 Å². The Hall–Kier alpha value is -3.42. The minimum Gasteiger partial charge on any atom is -0.345 e. The molecule has 0 heterocycles. The third-order valence-corrected chi connectivity index (χ3v) is 5.20.